The molecule has 1 aromatic carbocycles. The number of carbonyl (C=O) groups is 1. The van der Waals surface area contributed by atoms with Crippen LogP contribution in [-0.2, 0) is 13.0 Å². The predicted octanol–water partition coefficient (Wildman–Crippen LogP) is 1.79. The number of hydrogen-bond acceptors (Lipinski definition) is 4. The first kappa shape index (κ1) is 16.0. The van der Waals surface area contributed by atoms with E-state index >= 15 is 0 Å². The van der Waals surface area contributed by atoms with Crippen LogP contribution < -0.4 is 5.48 Å². The lowest BCUT2D eigenvalue weighted by Crippen LogP contribution is -2.57. The highest BCUT2D eigenvalue weighted by Crippen LogP contribution is 2.51. The van der Waals surface area contributed by atoms with Crippen molar-refractivity contribution in [1.82, 2.24) is 15.3 Å². The van der Waals surface area contributed by atoms with Crippen LogP contribution in [0.1, 0.15) is 40.7 Å². The van der Waals surface area contributed by atoms with Gasteiger partial charge in [-0.1, -0.05) is 0 Å². The van der Waals surface area contributed by atoms with Crippen molar-refractivity contribution < 1.29 is 14.4 Å². The van der Waals surface area contributed by atoms with Crippen LogP contribution >= 0.6 is 0 Å². The molecule has 0 aromatic heterocycles. The molecule has 5 nitrogen and oxygen atoms in total. The van der Waals surface area contributed by atoms with Crippen molar-refractivity contribution in [1.29, 1.82) is 0 Å². The molecule has 1 saturated heterocycles. The molecule has 1 aromatic rings. The second kappa shape index (κ2) is 5.79. The van der Waals surface area contributed by atoms with Crippen LogP contribution in [0.3, 0.4) is 0 Å². The fourth-order valence-electron chi connectivity index (χ4n) is 4.94. The SMILES string of the molecule is CN1CC[C@]2(CC[C@H]2N2CCc3cc(C(=O)NO)cc(F)c3C2)C1. The summed E-state index contributed by atoms with van der Waals surface area (Å²) in [5.41, 5.74) is 3.76. The Labute approximate surface area is 141 Å². The van der Waals surface area contributed by atoms with E-state index < -0.39 is 5.91 Å². The molecular formula is C18H24FN3O2. The minimum Gasteiger partial charge on any atom is -0.306 e. The molecular weight excluding hydrogens is 309 g/mol. The van der Waals surface area contributed by atoms with Crippen LogP contribution in [0, 0.1) is 11.2 Å². The Hall–Kier alpha value is -1.50. The summed E-state index contributed by atoms with van der Waals surface area (Å²) in [5, 5.41) is 8.74. The van der Waals surface area contributed by atoms with Gasteiger partial charge in [-0.3, -0.25) is 14.9 Å². The predicted molar refractivity (Wildman–Crippen MR) is 87.3 cm³/mol. The summed E-state index contributed by atoms with van der Waals surface area (Å²) < 4.78 is 14.5. The van der Waals surface area contributed by atoms with Gasteiger partial charge in [0.15, 0.2) is 0 Å². The third-order valence-electron chi connectivity index (χ3n) is 6.32. The summed E-state index contributed by atoms with van der Waals surface area (Å²) >= 11 is 0. The molecule has 1 aliphatic carbocycles. The van der Waals surface area contributed by atoms with Crippen LogP contribution in [0.2, 0.25) is 0 Å². The lowest BCUT2D eigenvalue weighted by Gasteiger charge is -2.53. The Kier molecular flexibility index (Phi) is 3.86. The minimum absolute atomic E-state index is 0.180. The van der Waals surface area contributed by atoms with Crippen molar-refractivity contribution in [2.45, 2.75) is 38.3 Å². The number of amides is 1. The zero-order valence-electron chi connectivity index (χ0n) is 14.0. The standard InChI is InChI=1S/C18H24FN3O2/c1-21-7-5-18(11-21)4-2-16(18)22-6-3-12-8-13(17(23)20-24)9-15(19)14(12)10-22/h8-9,16,24H,2-7,10-11H2,1H3,(H,20,23)/t16-,18-/m1/s1. The van der Waals surface area contributed by atoms with Crippen molar-refractivity contribution in [3.8, 4) is 0 Å². The molecule has 1 saturated carbocycles. The highest BCUT2D eigenvalue weighted by Gasteiger charge is 2.52. The molecule has 2 heterocycles. The average molecular weight is 333 g/mol. The second-order valence-electron chi connectivity index (χ2n) is 7.66. The van der Waals surface area contributed by atoms with Gasteiger partial charge in [0.2, 0.25) is 0 Å². The Balaban J connectivity index is 1.55. The quantitative estimate of drug-likeness (QED) is 0.640. The number of nitrogens with zero attached hydrogens (tertiary/aromatic N) is 2. The molecule has 6 heteroatoms. The van der Waals surface area contributed by atoms with E-state index in [4.69, 9.17) is 5.21 Å². The molecule has 0 bridgehead atoms. The average Bonchev–Trinajstić information content (AvgIpc) is 2.98. The zero-order chi connectivity index (χ0) is 16.9. The van der Waals surface area contributed by atoms with E-state index in [0.29, 0.717) is 23.6 Å². The van der Waals surface area contributed by atoms with E-state index in [2.05, 4.69) is 16.8 Å². The summed E-state index contributed by atoms with van der Waals surface area (Å²) in [6.07, 6.45) is 4.48. The first-order valence-electron chi connectivity index (χ1n) is 8.71. The van der Waals surface area contributed by atoms with Crippen molar-refractivity contribution in [3.63, 3.8) is 0 Å². The number of halogens is 1. The summed E-state index contributed by atoms with van der Waals surface area (Å²) in [4.78, 5) is 16.4. The smallest absolute Gasteiger partial charge is 0.274 e. The maximum Gasteiger partial charge on any atom is 0.274 e. The maximum absolute atomic E-state index is 14.5. The number of hydrogen-bond donors (Lipinski definition) is 2. The van der Waals surface area contributed by atoms with Gasteiger partial charge in [0, 0.05) is 36.8 Å². The highest BCUT2D eigenvalue weighted by atomic mass is 19.1. The summed E-state index contributed by atoms with van der Waals surface area (Å²) in [6, 6.07) is 3.49. The summed E-state index contributed by atoms with van der Waals surface area (Å²) in [6.45, 7) is 3.85. The fraction of sp³-hybridized carbons (Fsp3) is 0.611. The molecule has 0 radical (unpaired) electrons. The van der Waals surface area contributed by atoms with Crippen molar-refractivity contribution in [3.05, 3.63) is 34.6 Å². The number of benzene rings is 1. The molecule has 1 spiro atoms. The van der Waals surface area contributed by atoms with E-state index in [1.807, 2.05) is 0 Å². The fourth-order valence-corrected chi connectivity index (χ4v) is 4.94. The van der Waals surface area contributed by atoms with Gasteiger partial charge in [0.05, 0.1) is 0 Å². The Morgan fingerprint density at radius 3 is 2.83 bits per heavy atom. The number of hydroxylamine groups is 1. The van der Waals surface area contributed by atoms with E-state index in [1.54, 1.807) is 11.5 Å². The topological polar surface area (TPSA) is 55.8 Å². The van der Waals surface area contributed by atoms with Gasteiger partial charge < -0.3 is 4.90 Å². The van der Waals surface area contributed by atoms with E-state index in [-0.39, 0.29) is 11.4 Å². The van der Waals surface area contributed by atoms with Crippen molar-refractivity contribution >= 4 is 5.91 Å². The summed E-state index contributed by atoms with van der Waals surface area (Å²) in [7, 11) is 2.18. The molecule has 0 unspecified atom stereocenters. The molecule has 2 aliphatic heterocycles. The minimum atomic E-state index is -0.661. The van der Waals surface area contributed by atoms with E-state index in [0.717, 1.165) is 31.6 Å². The van der Waals surface area contributed by atoms with Gasteiger partial charge in [-0.15, -0.1) is 0 Å². The van der Waals surface area contributed by atoms with Crippen molar-refractivity contribution in [2.24, 2.45) is 5.41 Å². The number of nitrogens with one attached hydrogen (secondary N) is 1. The molecule has 2 N–H and O–H groups in total. The maximum atomic E-state index is 14.5. The molecule has 2 fully saturated rings. The van der Waals surface area contributed by atoms with Crippen LogP contribution in [0.25, 0.3) is 0 Å². The molecule has 1 amide bonds. The van der Waals surface area contributed by atoms with Crippen LogP contribution in [0.5, 0.6) is 0 Å². The molecule has 3 aliphatic rings. The molecule has 4 rings (SSSR count). The monoisotopic (exact) mass is 333 g/mol. The van der Waals surface area contributed by atoms with Gasteiger partial charge in [0.25, 0.3) is 5.91 Å². The van der Waals surface area contributed by atoms with Gasteiger partial charge in [0.1, 0.15) is 5.82 Å². The molecule has 2 atom stereocenters. The number of rotatable bonds is 2. The first-order valence-corrected chi connectivity index (χ1v) is 8.71. The number of carbonyl (C=O) groups excluding carboxylic acids is 1. The summed E-state index contributed by atoms with van der Waals surface area (Å²) in [5.74, 6) is -1.00. The molecule has 24 heavy (non-hydrogen) atoms. The lowest BCUT2D eigenvalue weighted by molar-refractivity contribution is -0.0264. The zero-order valence-corrected chi connectivity index (χ0v) is 14.0. The Bertz CT molecular complexity index is 680. The number of fused-ring (bicyclic) bond motifs is 1. The first-order chi connectivity index (χ1) is 11.5. The Morgan fingerprint density at radius 1 is 1.38 bits per heavy atom. The normalized spacial score (nSPS) is 30.2. The van der Waals surface area contributed by atoms with E-state index in [1.165, 1.54) is 25.3 Å². The highest BCUT2D eigenvalue weighted by molar-refractivity contribution is 5.93. The van der Waals surface area contributed by atoms with Gasteiger partial charge in [-0.2, -0.15) is 0 Å². The van der Waals surface area contributed by atoms with Gasteiger partial charge >= 0.3 is 0 Å². The van der Waals surface area contributed by atoms with Crippen molar-refractivity contribution in [2.75, 3.05) is 26.7 Å². The second-order valence-corrected chi connectivity index (χ2v) is 7.66. The third kappa shape index (κ3) is 2.44. The van der Waals surface area contributed by atoms with Gasteiger partial charge in [-0.25, -0.2) is 9.87 Å². The van der Waals surface area contributed by atoms with Crippen LogP contribution in [-0.4, -0.2) is 53.6 Å². The molecule has 130 valence electrons. The third-order valence-corrected chi connectivity index (χ3v) is 6.32. The van der Waals surface area contributed by atoms with E-state index in [9.17, 15) is 9.18 Å². The lowest BCUT2D eigenvalue weighted by atomic mass is 9.62. The van der Waals surface area contributed by atoms with Gasteiger partial charge in [-0.05, 0) is 62.4 Å². The number of likely N-dealkylation sites (tertiary alicyclic amines) is 1. The largest absolute Gasteiger partial charge is 0.306 e. The van der Waals surface area contributed by atoms with Crippen LogP contribution in [0.4, 0.5) is 4.39 Å². The van der Waals surface area contributed by atoms with Crippen LogP contribution in [0.15, 0.2) is 12.1 Å². The Morgan fingerprint density at radius 2 is 2.21 bits per heavy atom.